The zero-order valence-electron chi connectivity index (χ0n) is 9.35. The Morgan fingerprint density at radius 1 is 1.39 bits per heavy atom. The molecule has 0 spiro atoms. The fourth-order valence-electron chi connectivity index (χ4n) is 1.96. The number of carbonyl (C=O) groups is 1. The van der Waals surface area contributed by atoms with Crippen molar-refractivity contribution in [2.75, 3.05) is 6.61 Å². The van der Waals surface area contributed by atoms with Gasteiger partial charge in [0.25, 0.3) is 5.91 Å². The second kappa shape index (κ2) is 4.74. The van der Waals surface area contributed by atoms with Crippen molar-refractivity contribution < 1.29 is 9.53 Å². The highest BCUT2D eigenvalue weighted by molar-refractivity contribution is 9.10. The lowest BCUT2D eigenvalue weighted by atomic mass is 10.1. The molecule has 0 saturated carbocycles. The third-order valence-electron chi connectivity index (χ3n) is 2.83. The van der Waals surface area contributed by atoms with Gasteiger partial charge in [-0.15, -0.1) is 11.3 Å². The molecule has 0 saturated heterocycles. The first-order valence-electron chi connectivity index (χ1n) is 5.51. The molecule has 0 bridgehead atoms. The molecule has 5 heteroatoms. The third kappa shape index (κ3) is 2.04. The molecule has 1 aromatic carbocycles. The van der Waals surface area contributed by atoms with Crippen LogP contribution in [-0.2, 0) is 0 Å². The molecule has 1 unspecified atom stereocenters. The number of rotatable bonds is 2. The van der Waals surface area contributed by atoms with Crippen LogP contribution >= 0.6 is 27.3 Å². The Labute approximate surface area is 117 Å². The normalized spacial score (nSPS) is 17.1. The van der Waals surface area contributed by atoms with Gasteiger partial charge in [0.1, 0.15) is 17.2 Å². The fourth-order valence-corrected chi connectivity index (χ4v) is 3.42. The molecule has 1 amide bonds. The van der Waals surface area contributed by atoms with Crippen LogP contribution in [0.1, 0.15) is 21.3 Å². The van der Waals surface area contributed by atoms with E-state index in [1.54, 1.807) is 0 Å². The van der Waals surface area contributed by atoms with Gasteiger partial charge in [0.05, 0.1) is 6.04 Å². The van der Waals surface area contributed by atoms with Gasteiger partial charge in [-0.3, -0.25) is 4.79 Å². The van der Waals surface area contributed by atoms with E-state index in [9.17, 15) is 4.79 Å². The van der Waals surface area contributed by atoms with E-state index in [0.29, 0.717) is 11.5 Å². The zero-order chi connectivity index (χ0) is 12.5. The van der Waals surface area contributed by atoms with Crippen molar-refractivity contribution in [3.8, 4) is 5.75 Å². The smallest absolute Gasteiger partial charge is 0.263 e. The van der Waals surface area contributed by atoms with Crippen LogP contribution in [-0.4, -0.2) is 12.5 Å². The van der Waals surface area contributed by atoms with Crippen molar-refractivity contribution in [1.29, 1.82) is 0 Å². The largest absolute Gasteiger partial charge is 0.491 e. The summed E-state index contributed by atoms with van der Waals surface area (Å²) in [5.41, 5.74) is 1.04. The van der Waals surface area contributed by atoms with Gasteiger partial charge < -0.3 is 10.1 Å². The van der Waals surface area contributed by atoms with E-state index in [1.165, 1.54) is 11.3 Å². The monoisotopic (exact) mass is 323 g/mol. The van der Waals surface area contributed by atoms with Crippen LogP contribution in [0.15, 0.2) is 40.2 Å². The number of carbonyl (C=O) groups excluding carboxylic acids is 1. The zero-order valence-corrected chi connectivity index (χ0v) is 11.8. The number of halogens is 1. The summed E-state index contributed by atoms with van der Waals surface area (Å²) in [4.78, 5) is 12.8. The minimum atomic E-state index is -0.0674. The summed E-state index contributed by atoms with van der Waals surface area (Å²) in [5, 5.41) is 4.88. The molecular formula is C13H10BrNO2S. The van der Waals surface area contributed by atoms with Crippen LogP contribution in [0, 0.1) is 0 Å². The minimum absolute atomic E-state index is 0.0669. The number of nitrogens with one attached hydrogen (secondary N) is 1. The van der Waals surface area contributed by atoms with Gasteiger partial charge >= 0.3 is 0 Å². The van der Waals surface area contributed by atoms with Crippen LogP contribution in [0.25, 0.3) is 0 Å². The number of benzene rings is 1. The van der Waals surface area contributed by atoms with Gasteiger partial charge in [0, 0.05) is 10.0 Å². The standard InChI is InChI=1S/C13H10BrNO2S/c14-9-5-6-18-12(9)13(16)15-10-7-17-11-4-2-1-3-8(10)11/h1-6,10H,7H2,(H,15,16). The highest BCUT2D eigenvalue weighted by atomic mass is 79.9. The summed E-state index contributed by atoms with van der Waals surface area (Å²) in [6.07, 6.45) is 0. The van der Waals surface area contributed by atoms with Gasteiger partial charge in [0.15, 0.2) is 0 Å². The predicted molar refractivity (Wildman–Crippen MR) is 74.2 cm³/mol. The molecule has 1 aliphatic heterocycles. The van der Waals surface area contributed by atoms with Crippen molar-refractivity contribution in [2.24, 2.45) is 0 Å². The Balaban J connectivity index is 1.79. The van der Waals surface area contributed by atoms with Gasteiger partial charge in [-0.1, -0.05) is 18.2 Å². The molecule has 1 aliphatic rings. The Morgan fingerprint density at radius 2 is 2.22 bits per heavy atom. The Kier molecular flexibility index (Phi) is 3.09. The van der Waals surface area contributed by atoms with Crippen molar-refractivity contribution in [2.45, 2.75) is 6.04 Å². The first-order chi connectivity index (χ1) is 8.75. The first kappa shape index (κ1) is 11.7. The number of fused-ring (bicyclic) bond motifs is 1. The summed E-state index contributed by atoms with van der Waals surface area (Å²) in [6.45, 7) is 0.494. The SMILES string of the molecule is O=C(NC1COc2ccccc21)c1sccc1Br. The highest BCUT2D eigenvalue weighted by Gasteiger charge is 2.26. The molecule has 1 N–H and O–H groups in total. The molecule has 18 heavy (non-hydrogen) atoms. The highest BCUT2D eigenvalue weighted by Crippen LogP contribution is 2.32. The topological polar surface area (TPSA) is 38.3 Å². The third-order valence-corrected chi connectivity index (χ3v) is 4.67. The van der Waals surface area contributed by atoms with Gasteiger partial charge in [-0.05, 0) is 33.4 Å². The Morgan fingerprint density at radius 3 is 3.00 bits per heavy atom. The van der Waals surface area contributed by atoms with E-state index >= 15 is 0 Å². The van der Waals surface area contributed by atoms with Gasteiger partial charge in [0.2, 0.25) is 0 Å². The molecule has 3 nitrogen and oxygen atoms in total. The first-order valence-corrected chi connectivity index (χ1v) is 7.18. The van der Waals surface area contributed by atoms with Crippen molar-refractivity contribution in [3.63, 3.8) is 0 Å². The lowest BCUT2D eigenvalue weighted by Gasteiger charge is -2.10. The number of hydrogen-bond donors (Lipinski definition) is 1. The average molecular weight is 324 g/mol. The molecule has 1 aromatic heterocycles. The van der Waals surface area contributed by atoms with Crippen LogP contribution in [0.2, 0.25) is 0 Å². The second-order valence-electron chi connectivity index (χ2n) is 3.97. The van der Waals surface area contributed by atoms with Crippen molar-refractivity contribution in [1.82, 2.24) is 5.32 Å². The van der Waals surface area contributed by atoms with Crippen LogP contribution in [0.4, 0.5) is 0 Å². The van der Waals surface area contributed by atoms with E-state index in [0.717, 1.165) is 15.8 Å². The molecule has 1 atom stereocenters. The molecule has 2 aromatic rings. The number of thiophene rings is 1. The van der Waals surface area contributed by atoms with Crippen molar-refractivity contribution >= 4 is 33.2 Å². The minimum Gasteiger partial charge on any atom is -0.491 e. The average Bonchev–Trinajstić information content (AvgIpc) is 2.97. The van der Waals surface area contributed by atoms with E-state index < -0.39 is 0 Å². The van der Waals surface area contributed by atoms with E-state index in [2.05, 4.69) is 21.2 Å². The van der Waals surface area contributed by atoms with E-state index in [1.807, 2.05) is 35.7 Å². The van der Waals surface area contributed by atoms with Crippen molar-refractivity contribution in [3.05, 3.63) is 50.6 Å². The maximum absolute atomic E-state index is 12.1. The lowest BCUT2D eigenvalue weighted by Crippen LogP contribution is -2.28. The quantitative estimate of drug-likeness (QED) is 0.920. The number of para-hydroxylation sites is 1. The second-order valence-corrected chi connectivity index (χ2v) is 5.74. The van der Waals surface area contributed by atoms with Gasteiger partial charge in [-0.2, -0.15) is 0 Å². The fraction of sp³-hybridized carbons (Fsp3) is 0.154. The van der Waals surface area contributed by atoms with Crippen LogP contribution < -0.4 is 10.1 Å². The van der Waals surface area contributed by atoms with Gasteiger partial charge in [-0.25, -0.2) is 0 Å². The van der Waals surface area contributed by atoms with Crippen LogP contribution in [0.3, 0.4) is 0 Å². The maximum atomic E-state index is 12.1. The molecule has 92 valence electrons. The molecule has 0 aliphatic carbocycles. The molecular weight excluding hydrogens is 314 g/mol. The van der Waals surface area contributed by atoms with E-state index in [4.69, 9.17) is 4.74 Å². The summed E-state index contributed by atoms with van der Waals surface area (Å²) >= 11 is 4.79. The van der Waals surface area contributed by atoms with Crippen LogP contribution in [0.5, 0.6) is 5.75 Å². The number of hydrogen-bond acceptors (Lipinski definition) is 3. The molecule has 2 heterocycles. The summed E-state index contributed by atoms with van der Waals surface area (Å²) in [5.74, 6) is 0.787. The summed E-state index contributed by atoms with van der Waals surface area (Å²) in [6, 6.07) is 9.59. The molecule has 0 radical (unpaired) electrons. The molecule has 3 rings (SSSR count). The summed E-state index contributed by atoms with van der Waals surface area (Å²) < 4.78 is 6.37. The predicted octanol–water partition coefficient (Wildman–Crippen LogP) is 3.37. The lowest BCUT2D eigenvalue weighted by molar-refractivity contribution is 0.0934. The maximum Gasteiger partial charge on any atom is 0.263 e. The Bertz CT molecular complexity index is 596. The number of ether oxygens (including phenoxy) is 1. The summed E-state index contributed by atoms with van der Waals surface area (Å²) in [7, 11) is 0. The molecule has 0 fully saturated rings. The Hall–Kier alpha value is -1.33. The van der Waals surface area contributed by atoms with E-state index in [-0.39, 0.29) is 11.9 Å². The number of amides is 1.